The molecule has 1 unspecified atom stereocenters. The molecule has 5 heteroatoms. The lowest BCUT2D eigenvalue weighted by Gasteiger charge is -2.27. The molecule has 2 heterocycles. The second-order valence-electron chi connectivity index (χ2n) is 4.60. The second-order valence-corrected chi connectivity index (χ2v) is 4.60. The summed E-state index contributed by atoms with van der Waals surface area (Å²) in [4.78, 5) is 28.0. The minimum atomic E-state index is -0.258. The SMILES string of the molecule is CN(CC1CCCCO1)C(=O)c1c[nH]ccc1=O. The molecule has 1 aliphatic heterocycles. The summed E-state index contributed by atoms with van der Waals surface area (Å²) in [6, 6.07) is 1.36. The molecule has 0 bridgehead atoms. The third-order valence-corrected chi connectivity index (χ3v) is 3.15. The highest BCUT2D eigenvalue weighted by Gasteiger charge is 2.20. The molecular weight excluding hydrogens is 232 g/mol. The minimum absolute atomic E-state index is 0.0930. The van der Waals surface area contributed by atoms with E-state index in [4.69, 9.17) is 4.74 Å². The van der Waals surface area contributed by atoms with Gasteiger partial charge in [-0.05, 0) is 19.3 Å². The molecule has 0 aromatic carbocycles. The molecule has 18 heavy (non-hydrogen) atoms. The highest BCUT2D eigenvalue weighted by Crippen LogP contribution is 2.13. The number of likely N-dealkylation sites (N-methyl/N-ethyl adjacent to an activating group) is 1. The first-order valence-electron chi connectivity index (χ1n) is 6.22. The van der Waals surface area contributed by atoms with Gasteiger partial charge in [-0.15, -0.1) is 0 Å². The normalized spacial score (nSPS) is 19.5. The first-order chi connectivity index (χ1) is 8.68. The smallest absolute Gasteiger partial charge is 0.259 e. The van der Waals surface area contributed by atoms with Crippen molar-refractivity contribution in [1.82, 2.24) is 9.88 Å². The van der Waals surface area contributed by atoms with E-state index in [0.29, 0.717) is 6.54 Å². The number of ether oxygens (including phenoxy) is 1. The Labute approximate surface area is 106 Å². The number of rotatable bonds is 3. The fourth-order valence-electron chi connectivity index (χ4n) is 2.13. The molecule has 1 N–H and O–H groups in total. The van der Waals surface area contributed by atoms with Crippen LogP contribution in [0.4, 0.5) is 0 Å². The molecule has 1 atom stereocenters. The first kappa shape index (κ1) is 12.8. The molecule has 1 aliphatic rings. The molecule has 1 aromatic heterocycles. The lowest BCUT2D eigenvalue weighted by Crippen LogP contribution is -2.38. The number of pyridine rings is 1. The van der Waals surface area contributed by atoms with Crippen molar-refractivity contribution in [3.63, 3.8) is 0 Å². The van der Waals surface area contributed by atoms with Crippen LogP contribution in [0.25, 0.3) is 0 Å². The van der Waals surface area contributed by atoms with Crippen LogP contribution < -0.4 is 5.43 Å². The Bertz CT molecular complexity index is 463. The summed E-state index contributed by atoms with van der Waals surface area (Å²) in [5.74, 6) is -0.258. The van der Waals surface area contributed by atoms with E-state index >= 15 is 0 Å². The van der Waals surface area contributed by atoms with Gasteiger partial charge in [-0.1, -0.05) is 0 Å². The van der Waals surface area contributed by atoms with Gasteiger partial charge in [-0.25, -0.2) is 0 Å². The Morgan fingerprint density at radius 1 is 1.56 bits per heavy atom. The Hall–Kier alpha value is -1.62. The number of aromatic nitrogens is 1. The molecule has 1 fully saturated rings. The minimum Gasteiger partial charge on any atom is -0.376 e. The van der Waals surface area contributed by atoms with Crippen LogP contribution in [-0.4, -0.2) is 42.1 Å². The van der Waals surface area contributed by atoms with Gasteiger partial charge in [0.1, 0.15) is 5.56 Å². The van der Waals surface area contributed by atoms with Gasteiger partial charge in [0.15, 0.2) is 5.43 Å². The zero-order valence-electron chi connectivity index (χ0n) is 10.5. The quantitative estimate of drug-likeness (QED) is 0.871. The number of carbonyl (C=O) groups excluding carboxylic acids is 1. The number of H-pyrrole nitrogens is 1. The summed E-state index contributed by atoms with van der Waals surface area (Å²) in [6.07, 6.45) is 6.26. The molecule has 1 amide bonds. The predicted octanol–water partition coefficient (Wildman–Crippen LogP) is 1.02. The van der Waals surface area contributed by atoms with E-state index in [2.05, 4.69) is 4.98 Å². The van der Waals surface area contributed by atoms with Crippen molar-refractivity contribution in [3.05, 3.63) is 34.2 Å². The van der Waals surface area contributed by atoms with Gasteiger partial charge in [-0.2, -0.15) is 0 Å². The Morgan fingerprint density at radius 3 is 3.06 bits per heavy atom. The molecule has 1 aromatic rings. The van der Waals surface area contributed by atoms with Crippen LogP contribution in [0.1, 0.15) is 29.6 Å². The number of hydrogen-bond acceptors (Lipinski definition) is 3. The predicted molar refractivity (Wildman–Crippen MR) is 67.6 cm³/mol. The molecule has 5 nitrogen and oxygen atoms in total. The van der Waals surface area contributed by atoms with Gasteiger partial charge in [0, 0.05) is 38.7 Å². The monoisotopic (exact) mass is 250 g/mol. The fraction of sp³-hybridized carbons (Fsp3) is 0.538. The number of amides is 1. The molecule has 0 spiro atoms. The average molecular weight is 250 g/mol. The molecule has 0 saturated carbocycles. The van der Waals surface area contributed by atoms with Gasteiger partial charge in [-0.3, -0.25) is 9.59 Å². The van der Waals surface area contributed by atoms with E-state index in [9.17, 15) is 9.59 Å². The molecule has 1 saturated heterocycles. The number of nitrogens with zero attached hydrogens (tertiary/aromatic N) is 1. The van der Waals surface area contributed by atoms with Gasteiger partial charge < -0.3 is 14.6 Å². The Balaban J connectivity index is 2.00. The van der Waals surface area contributed by atoms with Gasteiger partial charge in [0.05, 0.1) is 6.10 Å². The summed E-state index contributed by atoms with van der Waals surface area (Å²) in [7, 11) is 1.70. The van der Waals surface area contributed by atoms with Crippen molar-refractivity contribution < 1.29 is 9.53 Å². The highest BCUT2D eigenvalue weighted by atomic mass is 16.5. The molecular formula is C13H18N2O3. The standard InChI is InChI=1S/C13H18N2O3/c1-15(9-10-4-2-3-7-18-10)13(17)11-8-14-6-5-12(11)16/h5-6,8,10H,2-4,7,9H2,1H3,(H,14,16). The van der Waals surface area contributed by atoms with Crippen LogP contribution in [0.15, 0.2) is 23.3 Å². The van der Waals surface area contributed by atoms with Crippen molar-refractivity contribution in [2.24, 2.45) is 0 Å². The number of nitrogens with one attached hydrogen (secondary N) is 1. The summed E-state index contributed by atoms with van der Waals surface area (Å²) in [5, 5.41) is 0. The second kappa shape index (κ2) is 5.82. The molecule has 98 valence electrons. The average Bonchev–Trinajstić information content (AvgIpc) is 2.39. The maximum atomic E-state index is 12.1. The summed E-state index contributed by atoms with van der Waals surface area (Å²) >= 11 is 0. The lowest BCUT2D eigenvalue weighted by molar-refractivity contribution is -0.000218. The third-order valence-electron chi connectivity index (χ3n) is 3.15. The number of carbonyl (C=O) groups is 1. The Kier molecular flexibility index (Phi) is 4.15. The third kappa shape index (κ3) is 2.98. The zero-order valence-corrected chi connectivity index (χ0v) is 10.5. The van der Waals surface area contributed by atoms with E-state index in [0.717, 1.165) is 25.9 Å². The fourth-order valence-corrected chi connectivity index (χ4v) is 2.13. The van der Waals surface area contributed by atoms with Gasteiger partial charge in [0.25, 0.3) is 5.91 Å². The van der Waals surface area contributed by atoms with Gasteiger partial charge in [0.2, 0.25) is 0 Å². The number of hydrogen-bond donors (Lipinski definition) is 1. The van der Waals surface area contributed by atoms with Crippen molar-refractivity contribution in [3.8, 4) is 0 Å². The molecule has 2 rings (SSSR count). The van der Waals surface area contributed by atoms with E-state index < -0.39 is 0 Å². The highest BCUT2D eigenvalue weighted by molar-refractivity contribution is 5.93. The van der Waals surface area contributed by atoms with E-state index in [-0.39, 0.29) is 23.0 Å². The maximum absolute atomic E-state index is 12.1. The summed E-state index contributed by atoms with van der Waals surface area (Å²) in [5.41, 5.74) is -0.0778. The Morgan fingerprint density at radius 2 is 2.39 bits per heavy atom. The topological polar surface area (TPSA) is 62.4 Å². The molecule has 0 radical (unpaired) electrons. The van der Waals surface area contributed by atoms with E-state index in [1.54, 1.807) is 11.9 Å². The van der Waals surface area contributed by atoms with Crippen LogP contribution in [-0.2, 0) is 4.74 Å². The van der Waals surface area contributed by atoms with Crippen molar-refractivity contribution in [2.45, 2.75) is 25.4 Å². The van der Waals surface area contributed by atoms with E-state index in [1.807, 2.05) is 0 Å². The van der Waals surface area contributed by atoms with Crippen molar-refractivity contribution in [2.75, 3.05) is 20.2 Å². The largest absolute Gasteiger partial charge is 0.376 e. The van der Waals surface area contributed by atoms with E-state index in [1.165, 1.54) is 18.5 Å². The van der Waals surface area contributed by atoms with Crippen LogP contribution >= 0.6 is 0 Å². The van der Waals surface area contributed by atoms with Crippen molar-refractivity contribution in [1.29, 1.82) is 0 Å². The van der Waals surface area contributed by atoms with Crippen LogP contribution in [0, 0.1) is 0 Å². The number of aromatic amines is 1. The molecule has 0 aliphatic carbocycles. The zero-order chi connectivity index (χ0) is 13.0. The summed E-state index contributed by atoms with van der Waals surface area (Å²) in [6.45, 7) is 1.30. The first-order valence-corrected chi connectivity index (χ1v) is 6.22. The van der Waals surface area contributed by atoms with Gasteiger partial charge >= 0.3 is 0 Å². The van der Waals surface area contributed by atoms with Crippen molar-refractivity contribution >= 4 is 5.91 Å². The van der Waals surface area contributed by atoms with Crippen LogP contribution in [0.3, 0.4) is 0 Å². The lowest BCUT2D eigenvalue weighted by atomic mass is 10.1. The van der Waals surface area contributed by atoms with Crippen LogP contribution in [0.5, 0.6) is 0 Å². The summed E-state index contributed by atoms with van der Waals surface area (Å²) < 4.78 is 5.59. The van der Waals surface area contributed by atoms with Crippen LogP contribution in [0.2, 0.25) is 0 Å². The maximum Gasteiger partial charge on any atom is 0.259 e.